The van der Waals surface area contributed by atoms with Crippen LogP contribution in [-0.2, 0) is 12.8 Å². The summed E-state index contributed by atoms with van der Waals surface area (Å²) in [6.07, 6.45) is 3.45. The molecule has 33 heavy (non-hydrogen) atoms. The fourth-order valence-corrected chi connectivity index (χ4v) is 3.63. The Hall–Kier alpha value is -3.99. The average molecular weight is 440 g/mol. The van der Waals surface area contributed by atoms with Crippen molar-refractivity contribution >= 4 is 17.3 Å². The van der Waals surface area contributed by atoms with E-state index in [1.165, 1.54) is 12.1 Å². The molecule has 1 heterocycles. The fourth-order valence-electron chi connectivity index (χ4n) is 3.63. The summed E-state index contributed by atoms with van der Waals surface area (Å²) in [7, 11) is 0. The Morgan fingerprint density at radius 3 is 2.36 bits per heavy atom. The number of hydrogen-bond acceptors (Lipinski definition) is 3. The highest BCUT2D eigenvalue weighted by Crippen LogP contribution is 2.27. The number of carbonyl (C=O) groups is 1. The van der Waals surface area contributed by atoms with E-state index in [1.54, 1.807) is 18.3 Å². The zero-order chi connectivity index (χ0) is 23.0. The van der Waals surface area contributed by atoms with Gasteiger partial charge in [-0.2, -0.15) is 0 Å². The molecule has 0 atom stereocenters. The summed E-state index contributed by atoms with van der Waals surface area (Å²) in [5.74, 6) is -0.496. The summed E-state index contributed by atoms with van der Waals surface area (Å²) in [6, 6.07) is 25.6. The van der Waals surface area contributed by atoms with E-state index in [0.717, 1.165) is 47.5 Å². The van der Waals surface area contributed by atoms with Crippen molar-refractivity contribution in [3.8, 4) is 11.1 Å². The van der Waals surface area contributed by atoms with Gasteiger partial charge in [0.25, 0.3) is 5.91 Å². The Balaban J connectivity index is 1.45. The molecular formula is C28H26FN3O. The van der Waals surface area contributed by atoms with Crippen LogP contribution in [0.2, 0.25) is 0 Å². The van der Waals surface area contributed by atoms with Gasteiger partial charge in [-0.1, -0.05) is 37.3 Å². The molecule has 3 aromatic carbocycles. The van der Waals surface area contributed by atoms with Crippen LogP contribution in [0.3, 0.4) is 0 Å². The van der Waals surface area contributed by atoms with Gasteiger partial charge in [-0.3, -0.25) is 9.78 Å². The molecule has 0 radical (unpaired) electrons. The number of aromatic nitrogens is 1. The summed E-state index contributed by atoms with van der Waals surface area (Å²) >= 11 is 0. The van der Waals surface area contributed by atoms with E-state index >= 15 is 0 Å². The first-order valence-corrected chi connectivity index (χ1v) is 11.1. The average Bonchev–Trinajstić information content (AvgIpc) is 2.86. The summed E-state index contributed by atoms with van der Waals surface area (Å²) < 4.78 is 13.4. The molecule has 4 nitrogen and oxygen atoms in total. The van der Waals surface area contributed by atoms with Crippen molar-refractivity contribution in [3.63, 3.8) is 0 Å². The second-order valence-corrected chi connectivity index (χ2v) is 7.77. The third kappa shape index (κ3) is 5.83. The number of nitrogens with zero attached hydrogens (tertiary/aromatic N) is 1. The summed E-state index contributed by atoms with van der Waals surface area (Å²) in [4.78, 5) is 17.5. The standard InChI is InChI=1S/C28H26FN3O/c1-2-20-6-15-26(21-7-9-22(29)10-8-21)27(19-20)28(33)32-25-13-11-24(12-14-25)31-18-16-23-5-3-4-17-30-23/h3-15,17,19,31H,2,16,18H2,1H3,(H,32,33). The van der Waals surface area contributed by atoms with E-state index < -0.39 is 0 Å². The van der Waals surface area contributed by atoms with Crippen LogP contribution in [0.25, 0.3) is 11.1 Å². The van der Waals surface area contributed by atoms with E-state index in [-0.39, 0.29) is 11.7 Å². The van der Waals surface area contributed by atoms with Gasteiger partial charge in [-0.25, -0.2) is 4.39 Å². The monoisotopic (exact) mass is 439 g/mol. The molecule has 0 saturated heterocycles. The second-order valence-electron chi connectivity index (χ2n) is 7.77. The first-order chi connectivity index (χ1) is 16.1. The Morgan fingerprint density at radius 2 is 1.67 bits per heavy atom. The smallest absolute Gasteiger partial charge is 0.256 e. The lowest BCUT2D eigenvalue weighted by Gasteiger charge is -2.13. The highest BCUT2D eigenvalue weighted by Gasteiger charge is 2.14. The number of carbonyl (C=O) groups excluding carboxylic acids is 1. The van der Waals surface area contributed by atoms with Crippen LogP contribution < -0.4 is 10.6 Å². The van der Waals surface area contributed by atoms with Crippen molar-refractivity contribution in [1.29, 1.82) is 0 Å². The molecule has 0 fully saturated rings. The predicted octanol–water partition coefficient (Wildman–Crippen LogP) is 6.36. The van der Waals surface area contributed by atoms with Gasteiger partial charge in [0, 0.05) is 41.8 Å². The van der Waals surface area contributed by atoms with Gasteiger partial charge < -0.3 is 10.6 Å². The molecule has 1 amide bonds. The summed E-state index contributed by atoms with van der Waals surface area (Å²) in [5, 5.41) is 6.36. The molecular weight excluding hydrogens is 413 g/mol. The molecule has 5 heteroatoms. The lowest BCUT2D eigenvalue weighted by molar-refractivity contribution is 0.102. The minimum Gasteiger partial charge on any atom is -0.385 e. The first-order valence-electron chi connectivity index (χ1n) is 11.1. The van der Waals surface area contributed by atoms with Crippen LogP contribution in [0.1, 0.15) is 28.5 Å². The van der Waals surface area contributed by atoms with Gasteiger partial charge in [-0.05, 0) is 77.7 Å². The fraction of sp³-hybridized carbons (Fsp3) is 0.143. The Morgan fingerprint density at radius 1 is 0.909 bits per heavy atom. The number of pyridine rings is 1. The number of amides is 1. The highest BCUT2D eigenvalue weighted by atomic mass is 19.1. The number of nitrogens with one attached hydrogen (secondary N) is 2. The van der Waals surface area contributed by atoms with Crippen molar-refractivity contribution in [2.75, 3.05) is 17.2 Å². The molecule has 4 rings (SSSR count). The number of rotatable bonds is 8. The quantitative estimate of drug-likeness (QED) is 0.336. The topological polar surface area (TPSA) is 54.0 Å². The first kappa shape index (κ1) is 22.2. The normalized spacial score (nSPS) is 10.6. The molecule has 0 aliphatic rings. The molecule has 1 aromatic heterocycles. The molecule has 2 N–H and O–H groups in total. The lowest BCUT2D eigenvalue weighted by Crippen LogP contribution is -2.14. The Kier molecular flexibility index (Phi) is 7.10. The molecule has 0 bridgehead atoms. The molecule has 0 aliphatic carbocycles. The molecule has 0 saturated carbocycles. The van der Waals surface area contributed by atoms with Crippen molar-refractivity contribution < 1.29 is 9.18 Å². The van der Waals surface area contributed by atoms with Crippen LogP contribution >= 0.6 is 0 Å². The van der Waals surface area contributed by atoms with E-state index in [4.69, 9.17) is 0 Å². The number of hydrogen-bond donors (Lipinski definition) is 2. The minimum atomic E-state index is -0.302. The molecule has 0 spiro atoms. The van der Waals surface area contributed by atoms with Crippen molar-refractivity contribution in [3.05, 3.63) is 114 Å². The third-order valence-corrected chi connectivity index (χ3v) is 5.47. The zero-order valence-corrected chi connectivity index (χ0v) is 18.5. The van der Waals surface area contributed by atoms with Crippen LogP contribution in [0.5, 0.6) is 0 Å². The van der Waals surface area contributed by atoms with Crippen LogP contribution in [0, 0.1) is 5.82 Å². The highest BCUT2D eigenvalue weighted by molar-refractivity contribution is 6.09. The van der Waals surface area contributed by atoms with E-state index in [9.17, 15) is 9.18 Å². The number of benzene rings is 3. The second kappa shape index (κ2) is 10.6. The molecule has 4 aromatic rings. The van der Waals surface area contributed by atoms with E-state index in [2.05, 4.69) is 15.6 Å². The molecule has 166 valence electrons. The van der Waals surface area contributed by atoms with E-state index in [0.29, 0.717) is 11.3 Å². The van der Waals surface area contributed by atoms with Crippen molar-refractivity contribution in [1.82, 2.24) is 4.98 Å². The van der Waals surface area contributed by atoms with Crippen molar-refractivity contribution in [2.24, 2.45) is 0 Å². The van der Waals surface area contributed by atoms with Crippen LogP contribution in [0.15, 0.2) is 91.1 Å². The zero-order valence-electron chi connectivity index (χ0n) is 18.5. The summed E-state index contributed by atoms with van der Waals surface area (Å²) in [6.45, 7) is 2.82. The van der Waals surface area contributed by atoms with Crippen LogP contribution in [-0.4, -0.2) is 17.4 Å². The van der Waals surface area contributed by atoms with Gasteiger partial charge >= 0.3 is 0 Å². The van der Waals surface area contributed by atoms with Gasteiger partial charge in [-0.15, -0.1) is 0 Å². The lowest BCUT2D eigenvalue weighted by atomic mass is 9.96. The summed E-state index contributed by atoms with van der Waals surface area (Å²) in [5.41, 5.74) is 5.94. The maximum absolute atomic E-state index is 13.4. The van der Waals surface area contributed by atoms with Crippen LogP contribution in [0.4, 0.5) is 15.8 Å². The molecule has 0 unspecified atom stereocenters. The van der Waals surface area contributed by atoms with Gasteiger partial charge in [0.1, 0.15) is 5.82 Å². The predicted molar refractivity (Wildman–Crippen MR) is 132 cm³/mol. The SMILES string of the molecule is CCc1ccc(-c2ccc(F)cc2)c(C(=O)Nc2ccc(NCCc3ccccn3)cc2)c1. The van der Waals surface area contributed by atoms with Gasteiger partial charge in [0.15, 0.2) is 0 Å². The maximum atomic E-state index is 13.4. The maximum Gasteiger partial charge on any atom is 0.256 e. The molecule has 0 aliphatic heterocycles. The number of aryl methyl sites for hydroxylation is 1. The van der Waals surface area contributed by atoms with Gasteiger partial charge in [0.05, 0.1) is 0 Å². The minimum absolute atomic E-state index is 0.194. The largest absolute Gasteiger partial charge is 0.385 e. The third-order valence-electron chi connectivity index (χ3n) is 5.47. The van der Waals surface area contributed by atoms with Gasteiger partial charge in [0.2, 0.25) is 0 Å². The Bertz CT molecular complexity index is 1210. The van der Waals surface area contributed by atoms with Crippen molar-refractivity contribution in [2.45, 2.75) is 19.8 Å². The number of halogens is 1. The number of anilines is 2. The Labute approximate surface area is 193 Å². The van der Waals surface area contributed by atoms with E-state index in [1.807, 2.05) is 67.6 Å².